The van der Waals surface area contributed by atoms with Crippen molar-refractivity contribution in [2.24, 2.45) is 0 Å². The summed E-state index contributed by atoms with van der Waals surface area (Å²) in [4.78, 5) is 31.8. The number of rotatable bonds is 6. The summed E-state index contributed by atoms with van der Waals surface area (Å²) in [5, 5.41) is 17.0. The zero-order chi connectivity index (χ0) is 23.2. The molecule has 1 atom stereocenters. The quantitative estimate of drug-likeness (QED) is 0.347. The molecule has 5 aromatic rings. The van der Waals surface area contributed by atoms with Gasteiger partial charge in [-0.3, -0.25) is 14.0 Å². The number of hydrogen-bond acceptors (Lipinski definition) is 6. The number of nitrogens with one attached hydrogen (secondary N) is 2. The van der Waals surface area contributed by atoms with Gasteiger partial charge in [-0.25, -0.2) is 4.98 Å². The minimum absolute atomic E-state index is 0.151. The largest absolute Gasteiger partial charge is 0.387 e. The number of carbonyl (C=O) groups excluding carboxylic acids is 1. The van der Waals surface area contributed by atoms with E-state index in [2.05, 4.69) is 10.6 Å². The van der Waals surface area contributed by atoms with Crippen molar-refractivity contribution < 1.29 is 9.90 Å². The fraction of sp³-hybridized carbons (Fsp3) is 0.192. The molecule has 2 aromatic carbocycles. The Morgan fingerprint density at radius 2 is 1.85 bits per heavy atom. The average molecular weight is 471 g/mol. The van der Waals surface area contributed by atoms with Gasteiger partial charge in [0.05, 0.1) is 21.7 Å². The highest BCUT2D eigenvalue weighted by Crippen LogP contribution is 2.31. The van der Waals surface area contributed by atoms with Gasteiger partial charge in [-0.05, 0) is 42.7 Å². The second kappa shape index (κ2) is 8.23. The molecule has 1 fully saturated rings. The molecule has 170 valence electrons. The van der Waals surface area contributed by atoms with Crippen LogP contribution in [-0.4, -0.2) is 33.0 Å². The van der Waals surface area contributed by atoms with E-state index in [1.54, 1.807) is 12.1 Å². The van der Waals surface area contributed by atoms with E-state index >= 15 is 0 Å². The van der Waals surface area contributed by atoms with Crippen LogP contribution in [0, 0.1) is 0 Å². The molecule has 3 aromatic heterocycles. The third-order valence-corrected chi connectivity index (χ3v) is 7.23. The first kappa shape index (κ1) is 20.8. The van der Waals surface area contributed by atoms with Gasteiger partial charge in [0.25, 0.3) is 5.91 Å². The molecular weight excluding hydrogens is 448 g/mol. The lowest BCUT2D eigenvalue weighted by atomic mass is 10.1. The number of aliphatic hydroxyl groups excluding tert-OH is 1. The molecule has 7 nitrogen and oxygen atoms in total. The van der Waals surface area contributed by atoms with Crippen molar-refractivity contribution in [3.8, 4) is 0 Å². The number of aliphatic hydroxyl groups is 1. The number of anilines is 1. The van der Waals surface area contributed by atoms with Crippen molar-refractivity contribution in [3.05, 3.63) is 88.1 Å². The molecule has 0 radical (unpaired) electrons. The number of benzene rings is 2. The standard InChI is InChI=1S/C26H22N4O3S/c31-19(15-6-2-1-3-7-15)14-27-21-13-12-17-23(32)22(25(33)28-16-10-11-16)26-30(24(17)29-21)18-8-4-5-9-20(18)34-26/h1-9,12-13,16,19,31H,10-11,14H2,(H,27,29)(H,28,33). The Hall–Kier alpha value is -3.75. The highest BCUT2D eigenvalue weighted by atomic mass is 32.1. The predicted octanol–water partition coefficient (Wildman–Crippen LogP) is 4.10. The van der Waals surface area contributed by atoms with Crippen molar-refractivity contribution in [2.75, 3.05) is 11.9 Å². The van der Waals surface area contributed by atoms with Crippen LogP contribution in [0.1, 0.15) is 34.9 Å². The van der Waals surface area contributed by atoms with Gasteiger partial charge in [0.1, 0.15) is 16.2 Å². The maximum Gasteiger partial charge on any atom is 0.258 e. The number of pyridine rings is 2. The topological polar surface area (TPSA) is 95.7 Å². The van der Waals surface area contributed by atoms with Gasteiger partial charge in [-0.15, -0.1) is 11.3 Å². The number of amides is 1. The van der Waals surface area contributed by atoms with Gasteiger partial charge >= 0.3 is 0 Å². The highest BCUT2D eigenvalue weighted by Gasteiger charge is 2.28. The Morgan fingerprint density at radius 1 is 1.09 bits per heavy atom. The van der Waals surface area contributed by atoms with Crippen LogP contribution in [-0.2, 0) is 0 Å². The lowest BCUT2D eigenvalue weighted by Crippen LogP contribution is -2.31. The molecule has 0 bridgehead atoms. The minimum Gasteiger partial charge on any atom is -0.387 e. The van der Waals surface area contributed by atoms with Crippen LogP contribution in [0.2, 0.25) is 0 Å². The average Bonchev–Trinajstić information content (AvgIpc) is 3.59. The highest BCUT2D eigenvalue weighted by molar-refractivity contribution is 7.24. The van der Waals surface area contributed by atoms with Gasteiger partial charge in [0.15, 0.2) is 5.65 Å². The van der Waals surface area contributed by atoms with Crippen LogP contribution in [0.5, 0.6) is 0 Å². The SMILES string of the molecule is O=C(NC1CC1)c1c(=O)c2ccc(NCC(O)c3ccccc3)nc2n2c1sc1ccccc12. The summed E-state index contributed by atoms with van der Waals surface area (Å²) >= 11 is 1.42. The summed E-state index contributed by atoms with van der Waals surface area (Å²) in [6, 6.07) is 20.8. The number of thiazole rings is 1. The van der Waals surface area contributed by atoms with Crippen molar-refractivity contribution >= 4 is 49.1 Å². The zero-order valence-electron chi connectivity index (χ0n) is 18.2. The Morgan fingerprint density at radius 3 is 2.65 bits per heavy atom. The molecule has 8 heteroatoms. The van der Waals surface area contributed by atoms with E-state index in [1.165, 1.54) is 11.3 Å². The summed E-state index contributed by atoms with van der Waals surface area (Å²) < 4.78 is 2.87. The lowest BCUT2D eigenvalue weighted by Gasteiger charge is -2.14. The fourth-order valence-electron chi connectivity index (χ4n) is 4.17. The maximum absolute atomic E-state index is 13.5. The first-order valence-electron chi connectivity index (χ1n) is 11.2. The maximum atomic E-state index is 13.5. The van der Waals surface area contributed by atoms with Crippen molar-refractivity contribution in [1.29, 1.82) is 0 Å². The number of fused-ring (bicyclic) bond motifs is 5. The van der Waals surface area contributed by atoms with Crippen LogP contribution >= 0.6 is 11.3 Å². The number of para-hydroxylation sites is 1. The first-order chi connectivity index (χ1) is 16.6. The van der Waals surface area contributed by atoms with E-state index in [0.717, 1.165) is 28.6 Å². The van der Waals surface area contributed by atoms with Crippen molar-refractivity contribution in [3.63, 3.8) is 0 Å². The fourth-order valence-corrected chi connectivity index (χ4v) is 5.35. The monoisotopic (exact) mass is 470 g/mol. The van der Waals surface area contributed by atoms with Crippen molar-refractivity contribution in [1.82, 2.24) is 14.7 Å². The van der Waals surface area contributed by atoms with E-state index in [-0.39, 0.29) is 29.5 Å². The van der Waals surface area contributed by atoms with E-state index in [9.17, 15) is 14.7 Å². The number of hydrogen-bond donors (Lipinski definition) is 3. The van der Waals surface area contributed by atoms with Gasteiger partial charge in [-0.1, -0.05) is 42.5 Å². The molecule has 3 heterocycles. The molecular formula is C26H22N4O3S. The smallest absolute Gasteiger partial charge is 0.258 e. The summed E-state index contributed by atoms with van der Waals surface area (Å²) in [5.41, 5.74) is 2.04. The number of nitrogens with zero attached hydrogens (tertiary/aromatic N) is 2. The molecule has 34 heavy (non-hydrogen) atoms. The molecule has 3 N–H and O–H groups in total. The van der Waals surface area contributed by atoms with E-state index in [0.29, 0.717) is 21.7 Å². The van der Waals surface area contributed by atoms with Gasteiger partial charge in [-0.2, -0.15) is 0 Å². The van der Waals surface area contributed by atoms with Gasteiger partial charge < -0.3 is 15.7 Å². The molecule has 0 aliphatic heterocycles. The Balaban J connectivity index is 1.47. The minimum atomic E-state index is -0.697. The van der Waals surface area contributed by atoms with E-state index in [4.69, 9.17) is 4.98 Å². The summed E-state index contributed by atoms with van der Waals surface area (Å²) in [5.74, 6) is 0.216. The predicted molar refractivity (Wildman–Crippen MR) is 135 cm³/mol. The van der Waals surface area contributed by atoms with Crippen molar-refractivity contribution in [2.45, 2.75) is 25.0 Å². The normalized spacial score (nSPS) is 14.5. The second-order valence-corrected chi connectivity index (χ2v) is 9.57. The van der Waals surface area contributed by atoms with Crippen LogP contribution in [0.25, 0.3) is 26.1 Å². The van der Waals surface area contributed by atoms with Gasteiger partial charge in [0, 0.05) is 12.6 Å². The third kappa shape index (κ3) is 3.61. The second-order valence-electron chi connectivity index (χ2n) is 8.54. The molecule has 0 saturated heterocycles. The molecule has 1 saturated carbocycles. The third-order valence-electron chi connectivity index (χ3n) is 6.09. The Labute approximate surface area is 198 Å². The van der Waals surface area contributed by atoms with E-state index in [1.807, 2.05) is 59.0 Å². The van der Waals surface area contributed by atoms with Crippen LogP contribution in [0.15, 0.2) is 71.5 Å². The van der Waals surface area contributed by atoms with Crippen LogP contribution in [0.3, 0.4) is 0 Å². The molecule has 1 unspecified atom stereocenters. The van der Waals surface area contributed by atoms with E-state index < -0.39 is 6.10 Å². The van der Waals surface area contributed by atoms with Crippen LogP contribution < -0.4 is 16.1 Å². The first-order valence-corrected chi connectivity index (χ1v) is 12.1. The summed E-state index contributed by atoms with van der Waals surface area (Å²) in [6.45, 7) is 0.271. The summed E-state index contributed by atoms with van der Waals surface area (Å²) in [6.07, 6.45) is 1.19. The lowest BCUT2D eigenvalue weighted by molar-refractivity contribution is 0.0951. The molecule has 1 aliphatic rings. The summed E-state index contributed by atoms with van der Waals surface area (Å²) in [7, 11) is 0. The number of aromatic nitrogens is 2. The van der Waals surface area contributed by atoms with Crippen LogP contribution in [0.4, 0.5) is 5.82 Å². The zero-order valence-corrected chi connectivity index (χ0v) is 19.0. The molecule has 1 amide bonds. The number of carbonyl (C=O) groups is 1. The Kier molecular flexibility index (Phi) is 5.04. The van der Waals surface area contributed by atoms with Gasteiger partial charge in [0.2, 0.25) is 5.43 Å². The Bertz CT molecular complexity index is 1610. The molecule has 1 aliphatic carbocycles. The molecule has 6 rings (SSSR count). The molecule has 0 spiro atoms.